The van der Waals surface area contributed by atoms with E-state index in [4.69, 9.17) is 10.7 Å². The molecule has 0 radical (unpaired) electrons. The molecule has 0 spiro atoms. The molecule has 1 fully saturated rings. The molecule has 0 bridgehead atoms. The topological polar surface area (TPSA) is 74.0 Å². The van der Waals surface area contributed by atoms with Crippen molar-refractivity contribution in [3.63, 3.8) is 0 Å². The summed E-state index contributed by atoms with van der Waals surface area (Å²) in [6.45, 7) is 2.31. The fraction of sp³-hybridized carbons (Fsp3) is 0.471. The number of hydrogen-bond acceptors (Lipinski definition) is 4. The number of hydrogen-bond donors (Lipinski definition) is 1. The minimum Gasteiger partial charge on any atom is -0.384 e. The molecule has 0 aliphatic heterocycles. The van der Waals surface area contributed by atoms with Gasteiger partial charge in [-0.05, 0) is 12.8 Å². The predicted octanol–water partition coefficient (Wildman–Crippen LogP) is 2.93. The smallest absolute Gasteiger partial charge is 0.165 e. The second kappa shape index (κ2) is 5.08. The molecular formula is C17H22N6. The van der Waals surface area contributed by atoms with Crippen molar-refractivity contribution in [2.24, 2.45) is 7.05 Å². The number of aromatic nitrogens is 5. The van der Waals surface area contributed by atoms with E-state index in [-0.39, 0.29) is 5.41 Å². The molecule has 2 N–H and O–H groups in total. The van der Waals surface area contributed by atoms with Gasteiger partial charge in [-0.25, -0.2) is 4.98 Å². The highest BCUT2D eigenvalue weighted by Gasteiger charge is 2.31. The van der Waals surface area contributed by atoms with Gasteiger partial charge in [0.1, 0.15) is 5.82 Å². The van der Waals surface area contributed by atoms with Gasteiger partial charge >= 0.3 is 0 Å². The molecule has 1 aliphatic carbocycles. The summed E-state index contributed by atoms with van der Waals surface area (Å²) in [5.74, 6) is 0.645. The molecule has 1 saturated carbocycles. The zero-order chi connectivity index (χ0) is 16.0. The largest absolute Gasteiger partial charge is 0.384 e. The third kappa shape index (κ3) is 2.29. The maximum absolute atomic E-state index is 6.26. The number of aryl methyl sites for hydroxylation is 1. The van der Waals surface area contributed by atoms with Crippen LogP contribution >= 0.6 is 0 Å². The Balaban J connectivity index is 1.88. The van der Waals surface area contributed by atoms with Crippen LogP contribution in [0, 0.1) is 0 Å². The van der Waals surface area contributed by atoms with Crippen LogP contribution in [-0.4, -0.2) is 24.4 Å². The van der Waals surface area contributed by atoms with Crippen molar-refractivity contribution in [3.05, 3.63) is 30.4 Å². The summed E-state index contributed by atoms with van der Waals surface area (Å²) in [5.41, 5.74) is 10.3. The second-order valence-corrected chi connectivity index (χ2v) is 6.88. The molecule has 1 aliphatic rings. The van der Waals surface area contributed by atoms with Crippen molar-refractivity contribution < 1.29 is 0 Å². The van der Waals surface area contributed by atoms with Crippen molar-refractivity contribution in [1.82, 2.24) is 24.4 Å². The van der Waals surface area contributed by atoms with Crippen LogP contribution in [0.2, 0.25) is 0 Å². The molecule has 0 amide bonds. The standard InChI is InChI=1S/C17H22N6/c1-17(6-4-3-5-7-17)14-8-15(18)23-16(21-14)13(10-20-23)12-9-19-22(2)11-12/h8-11H,3-7,18H2,1-2H3. The first-order valence-corrected chi connectivity index (χ1v) is 8.21. The lowest BCUT2D eigenvalue weighted by Gasteiger charge is -2.33. The second-order valence-electron chi connectivity index (χ2n) is 6.88. The Morgan fingerprint density at radius 2 is 1.91 bits per heavy atom. The molecule has 6 heteroatoms. The fourth-order valence-electron chi connectivity index (χ4n) is 3.65. The molecule has 0 aromatic carbocycles. The summed E-state index contributed by atoms with van der Waals surface area (Å²) in [6, 6.07) is 2.00. The highest BCUT2D eigenvalue weighted by molar-refractivity contribution is 5.77. The number of fused-ring (bicyclic) bond motifs is 1. The van der Waals surface area contributed by atoms with Crippen LogP contribution in [-0.2, 0) is 12.5 Å². The fourth-order valence-corrected chi connectivity index (χ4v) is 3.65. The number of anilines is 1. The number of nitrogens with two attached hydrogens (primary N) is 1. The van der Waals surface area contributed by atoms with Gasteiger partial charge < -0.3 is 5.73 Å². The Kier molecular flexibility index (Phi) is 3.14. The lowest BCUT2D eigenvalue weighted by atomic mass is 9.73. The maximum atomic E-state index is 6.26. The molecular weight excluding hydrogens is 288 g/mol. The zero-order valence-corrected chi connectivity index (χ0v) is 13.7. The van der Waals surface area contributed by atoms with E-state index in [1.807, 2.05) is 31.7 Å². The van der Waals surface area contributed by atoms with Crippen molar-refractivity contribution in [2.75, 3.05) is 5.73 Å². The molecule has 4 rings (SSSR count). The van der Waals surface area contributed by atoms with Gasteiger partial charge in [0.15, 0.2) is 5.65 Å². The van der Waals surface area contributed by atoms with Crippen LogP contribution in [0.1, 0.15) is 44.7 Å². The Hall–Kier alpha value is -2.37. The van der Waals surface area contributed by atoms with E-state index in [1.165, 1.54) is 32.1 Å². The van der Waals surface area contributed by atoms with Gasteiger partial charge in [0.05, 0.1) is 18.1 Å². The van der Waals surface area contributed by atoms with E-state index in [0.717, 1.165) is 22.5 Å². The summed E-state index contributed by atoms with van der Waals surface area (Å²) in [6.07, 6.45) is 11.8. The number of nitrogens with zero attached hydrogens (tertiary/aromatic N) is 5. The van der Waals surface area contributed by atoms with Crippen LogP contribution in [0.3, 0.4) is 0 Å². The highest BCUT2D eigenvalue weighted by atomic mass is 15.3. The molecule has 3 aromatic heterocycles. The summed E-state index contributed by atoms with van der Waals surface area (Å²) in [5, 5.41) is 8.65. The van der Waals surface area contributed by atoms with E-state index in [1.54, 1.807) is 9.20 Å². The highest BCUT2D eigenvalue weighted by Crippen LogP contribution is 2.39. The van der Waals surface area contributed by atoms with Gasteiger partial charge in [-0.2, -0.15) is 14.7 Å². The molecule has 120 valence electrons. The third-order valence-corrected chi connectivity index (χ3v) is 5.09. The Bertz CT molecular complexity index is 853. The first kappa shape index (κ1) is 14.2. The summed E-state index contributed by atoms with van der Waals surface area (Å²) in [7, 11) is 1.91. The zero-order valence-electron chi connectivity index (χ0n) is 13.7. The van der Waals surface area contributed by atoms with E-state index < -0.39 is 0 Å². The Labute approximate surface area is 135 Å². The van der Waals surface area contributed by atoms with Gasteiger partial charge in [0, 0.05) is 35.9 Å². The normalized spacial score (nSPS) is 17.7. The molecule has 0 saturated heterocycles. The lowest BCUT2D eigenvalue weighted by Crippen LogP contribution is -2.27. The number of rotatable bonds is 2. The molecule has 23 heavy (non-hydrogen) atoms. The van der Waals surface area contributed by atoms with Crippen molar-refractivity contribution in [3.8, 4) is 11.1 Å². The molecule has 0 atom stereocenters. The minimum absolute atomic E-state index is 0.116. The maximum Gasteiger partial charge on any atom is 0.165 e. The Morgan fingerprint density at radius 1 is 1.13 bits per heavy atom. The van der Waals surface area contributed by atoms with Gasteiger partial charge in [0.2, 0.25) is 0 Å². The first-order valence-electron chi connectivity index (χ1n) is 8.21. The quantitative estimate of drug-likeness (QED) is 0.789. The monoisotopic (exact) mass is 310 g/mol. The van der Waals surface area contributed by atoms with Gasteiger partial charge in [-0.15, -0.1) is 0 Å². The molecule has 0 unspecified atom stereocenters. The van der Waals surface area contributed by atoms with Crippen LogP contribution in [0.15, 0.2) is 24.7 Å². The average molecular weight is 310 g/mol. The summed E-state index contributed by atoms with van der Waals surface area (Å²) in [4.78, 5) is 4.96. The SMILES string of the molecule is Cn1cc(-c2cnn3c(N)cc(C4(C)CCCCC4)nc23)cn1. The third-order valence-electron chi connectivity index (χ3n) is 5.09. The average Bonchev–Trinajstić information content (AvgIpc) is 3.14. The first-order chi connectivity index (χ1) is 11.1. The van der Waals surface area contributed by atoms with E-state index in [9.17, 15) is 0 Å². The van der Waals surface area contributed by atoms with Gasteiger partial charge in [0.25, 0.3) is 0 Å². The van der Waals surface area contributed by atoms with Crippen LogP contribution in [0.4, 0.5) is 5.82 Å². The lowest BCUT2D eigenvalue weighted by molar-refractivity contribution is 0.312. The van der Waals surface area contributed by atoms with Crippen molar-refractivity contribution >= 4 is 11.5 Å². The van der Waals surface area contributed by atoms with Crippen LogP contribution < -0.4 is 5.73 Å². The van der Waals surface area contributed by atoms with Crippen molar-refractivity contribution in [2.45, 2.75) is 44.4 Å². The molecule has 3 aromatic rings. The van der Waals surface area contributed by atoms with Crippen LogP contribution in [0.25, 0.3) is 16.8 Å². The Morgan fingerprint density at radius 3 is 2.61 bits per heavy atom. The van der Waals surface area contributed by atoms with Gasteiger partial charge in [-0.1, -0.05) is 26.2 Å². The predicted molar refractivity (Wildman–Crippen MR) is 90.0 cm³/mol. The van der Waals surface area contributed by atoms with Crippen molar-refractivity contribution in [1.29, 1.82) is 0 Å². The minimum atomic E-state index is 0.116. The molecule has 3 heterocycles. The van der Waals surface area contributed by atoms with E-state index in [0.29, 0.717) is 5.82 Å². The summed E-state index contributed by atoms with van der Waals surface area (Å²) < 4.78 is 3.51. The molecule has 6 nitrogen and oxygen atoms in total. The summed E-state index contributed by atoms with van der Waals surface area (Å²) >= 11 is 0. The van der Waals surface area contributed by atoms with Crippen LogP contribution in [0.5, 0.6) is 0 Å². The van der Waals surface area contributed by atoms with E-state index in [2.05, 4.69) is 17.1 Å². The van der Waals surface area contributed by atoms with E-state index >= 15 is 0 Å². The van der Waals surface area contributed by atoms with Gasteiger partial charge in [-0.3, -0.25) is 4.68 Å². The number of nitrogen functional groups attached to an aromatic ring is 1.